The third-order valence-electron chi connectivity index (χ3n) is 4.66. The third kappa shape index (κ3) is 5.27. The van der Waals surface area contributed by atoms with Gasteiger partial charge in [0.1, 0.15) is 11.3 Å². The summed E-state index contributed by atoms with van der Waals surface area (Å²) >= 11 is 5.97. The van der Waals surface area contributed by atoms with Crippen molar-refractivity contribution in [3.8, 4) is 11.8 Å². The molecule has 1 heterocycles. The van der Waals surface area contributed by atoms with Gasteiger partial charge in [-0.3, -0.25) is 5.32 Å². The Hall–Kier alpha value is -2.23. The molecule has 0 radical (unpaired) electrons. The first-order valence-corrected chi connectivity index (χ1v) is 10.7. The van der Waals surface area contributed by atoms with Crippen LogP contribution in [0.2, 0.25) is 5.02 Å². The summed E-state index contributed by atoms with van der Waals surface area (Å²) in [4.78, 5) is 11.6. The Bertz CT molecular complexity index is 976. The Morgan fingerprint density at radius 3 is 2.67 bits per heavy atom. The first-order chi connectivity index (χ1) is 13.9. The summed E-state index contributed by atoms with van der Waals surface area (Å²) in [7, 11) is -3.96. The van der Waals surface area contributed by atoms with Crippen molar-refractivity contribution < 1.29 is 35.9 Å². The van der Waals surface area contributed by atoms with Gasteiger partial charge in [-0.1, -0.05) is 11.6 Å². The van der Waals surface area contributed by atoms with Crippen molar-refractivity contribution in [2.45, 2.75) is 47.4 Å². The van der Waals surface area contributed by atoms with Crippen LogP contribution >= 0.6 is 11.6 Å². The van der Waals surface area contributed by atoms with Gasteiger partial charge in [-0.15, -0.1) is 0 Å². The molecule has 0 bridgehead atoms. The molecular weight excluding hydrogens is 451 g/mol. The first-order valence-electron chi connectivity index (χ1n) is 8.81. The Balaban J connectivity index is 1.62. The van der Waals surface area contributed by atoms with E-state index in [1.54, 1.807) is 0 Å². The smallest absolute Gasteiger partial charge is 0.422 e. The number of hydrogen-bond donors (Lipinski definition) is 2. The van der Waals surface area contributed by atoms with E-state index in [1.807, 2.05) is 6.07 Å². The van der Waals surface area contributed by atoms with E-state index in [2.05, 4.69) is 15.4 Å². The first kappa shape index (κ1) is 22.5. The lowest BCUT2D eigenvalue weighted by Crippen LogP contribution is -2.40. The Morgan fingerprint density at radius 1 is 1.40 bits per heavy atom. The van der Waals surface area contributed by atoms with Crippen molar-refractivity contribution in [1.82, 2.24) is 10.6 Å². The number of ether oxygens (including phenoxy) is 2. The summed E-state index contributed by atoms with van der Waals surface area (Å²) in [5.74, 6) is -0.217. The van der Waals surface area contributed by atoms with Gasteiger partial charge in [0.15, 0.2) is 22.7 Å². The molecule has 13 heteroatoms. The quantitative estimate of drug-likeness (QED) is 0.660. The maximum Gasteiger partial charge on any atom is 0.422 e. The molecule has 3 rings (SSSR count). The normalized spacial score (nSPS) is 22.8. The standard InChI is InChI=1S/C17H17ClF3N3O5S/c18-12-5-10(28-9-17(19,20)21)1-2-13(12)30(26,27)11-6-14(23-7-11)29-15(25)24-16(8-22)3-4-16/h1-2,5,11,14,23H,3-4,6-7,9H2,(H,24,25)/t11-,14?/m1/s1. The number of hydrogen-bond acceptors (Lipinski definition) is 7. The minimum Gasteiger partial charge on any atom is -0.484 e. The van der Waals surface area contributed by atoms with Crippen LogP contribution in [0.5, 0.6) is 5.75 Å². The minimum absolute atomic E-state index is 0.0215. The van der Waals surface area contributed by atoms with Gasteiger partial charge in [-0.25, -0.2) is 13.2 Å². The second kappa shape index (κ2) is 8.13. The number of amides is 1. The number of benzene rings is 1. The number of halogens is 4. The molecular formula is C17H17ClF3N3O5S. The predicted octanol–water partition coefficient (Wildman–Crippen LogP) is 2.53. The van der Waals surface area contributed by atoms with Gasteiger partial charge in [0.05, 0.1) is 21.2 Å². The van der Waals surface area contributed by atoms with Crippen molar-refractivity contribution in [3.63, 3.8) is 0 Å². The number of carbonyl (C=O) groups is 1. The highest BCUT2D eigenvalue weighted by molar-refractivity contribution is 7.92. The van der Waals surface area contributed by atoms with E-state index in [0.29, 0.717) is 12.8 Å². The van der Waals surface area contributed by atoms with Crippen LogP contribution < -0.4 is 15.4 Å². The van der Waals surface area contributed by atoms with Gasteiger partial charge >= 0.3 is 12.3 Å². The van der Waals surface area contributed by atoms with E-state index in [9.17, 15) is 26.4 Å². The summed E-state index contributed by atoms with van der Waals surface area (Å²) in [5, 5.41) is 12.9. The Labute approximate surface area is 175 Å². The Morgan fingerprint density at radius 2 is 2.10 bits per heavy atom. The molecule has 8 nitrogen and oxygen atoms in total. The number of nitrogens with zero attached hydrogens (tertiary/aromatic N) is 1. The molecule has 2 aliphatic rings. The maximum absolute atomic E-state index is 12.9. The van der Waals surface area contributed by atoms with Crippen LogP contribution in [0.1, 0.15) is 19.3 Å². The molecule has 0 aromatic heterocycles. The van der Waals surface area contributed by atoms with Crippen molar-refractivity contribution in [2.24, 2.45) is 0 Å². The second-order valence-corrected chi connectivity index (χ2v) is 9.62. The number of sulfone groups is 1. The molecule has 1 amide bonds. The molecule has 1 aromatic carbocycles. The van der Waals surface area contributed by atoms with E-state index >= 15 is 0 Å². The number of nitrogens with one attached hydrogen (secondary N) is 2. The van der Waals surface area contributed by atoms with Gasteiger partial charge in [0.2, 0.25) is 0 Å². The summed E-state index contributed by atoms with van der Waals surface area (Å²) < 4.78 is 72.1. The lowest BCUT2D eigenvalue weighted by atomic mass is 10.3. The molecule has 2 fully saturated rings. The number of nitriles is 1. The van der Waals surface area contributed by atoms with Crippen LogP contribution in [0, 0.1) is 11.3 Å². The summed E-state index contributed by atoms with van der Waals surface area (Å²) in [5.41, 5.74) is -0.912. The molecule has 1 aliphatic heterocycles. The average Bonchev–Trinajstić information content (AvgIpc) is 3.25. The molecule has 0 spiro atoms. The number of carbonyl (C=O) groups excluding carboxylic acids is 1. The fourth-order valence-electron chi connectivity index (χ4n) is 2.89. The summed E-state index contributed by atoms with van der Waals surface area (Å²) in [6, 6.07) is 5.14. The monoisotopic (exact) mass is 467 g/mol. The molecule has 1 unspecified atom stereocenters. The van der Waals surface area contributed by atoms with Crippen LogP contribution in [0.15, 0.2) is 23.1 Å². The zero-order chi connectivity index (χ0) is 22.2. The van der Waals surface area contributed by atoms with E-state index < -0.39 is 45.7 Å². The van der Waals surface area contributed by atoms with E-state index in [-0.39, 0.29) is 28.6 Å². The molecule has 164 valence electrons. The minimum atomic E-state index is -4.54. The largest absolute Gasteiger partial charge is 0.484 e. The average molecular weight is 468 g/mol. The van der Waals surface area contributed by atoms with Crippen molar-refractivity contribution >= 4 is 27.5 Å². The van der Waals surface area contributed by atoms with Crippen LogP contribution in [-0.2, 0) is 14.6 Å². The zero-order valence-electron chi connectivity index (χ0n) is 15.3. The molecule has 30 heavy (non-hydrogen) atoms. The number of alkyl halides is 3. The van der Waals surface area contributed by atoms with Gasteiger partial charge < -0.3 is 14.8 Å². The zero-order valence-corrected chi connectivity index (χ0v) is 16.9. The van der Waals surface area contributed by atoms with Gasteiger partial charge in [0.25, 0.3) is 0 Å². The second-order valence-electron chi connectivity index (χ2n) is 7.02. The fraction of sp³-hybridized carbons (Fsp3) is 0.529. The topological polar surface area (TPSA) is 118 Å². The van der Waals surface area contributed by atoms with Gasteiger partial charge in [-0.2, -0.15) is 18.4 Å². The van der Waals surface area contributed by atoms with Crippen LogP contribution in [0.25, 0.3) is 0 Å². The molecule has 2 N–H and O–H groups in total. The highest BCUT2D eigenvalue weighted by atomic mass is 35.5. The molecule has 2 atom stereocenters. The predicted molar refractivity (Wildman–Crippen MR) is 97.6 cm³/mol. The fourth-order valence-corrected chi connectivity index (χ4v) is 5.07. The summed E-state index contributed by atoms with van der Waals surface area (Å²) in [6.07, 6.45) is -5.26. The van der Waals surface area contributed by atoms with Crippen LogP contribution in [0.4, 0.5) is 18.0 Å². The number of rotatable bonds is 6. The van der Waals surface area contributed by atoms with E-state index in [4.69, 9.17) is 21.6 Å². The number of alkyl carbamates (subject to hydrolysis) is 1. The van der Waals surface area contributed by atoms with E-state index in [1.165, 1.54) is 0 Å². The van der Waals surface area contributed by atoms with Crippen molar-refractivity contribution in [1.29, 1.82) is 5.26 Å². The van der Waals surface area contributed by atoms with Crippen molar-refractivity contribution in [3.05, 3.63) is 23.2 Å². The molecule has 1 aromatic rings. The van der Waals surface area contributed by atoms with Crippen LogP contribution in [0.3, 0.4) is 0 Å². The van der Waals surface area contributed by atoms with E-state index in [0.717, 1.165) is 18.2 Å². The Kier molecular flexibility index (Phi) is 6.08. The van der Waals surface area contributed by atoms with Crippen molar-refractivity contribution in [2.75, 3.05) is 13.2 Å². The van der Waals surface area contributed by atoms with Crippen LogP contribution in [-0.4, -0.2) is 50.9 Å². The van der Waals surface area contributed by atoms with Gasteiger partial charge in [-0.05, 0) is 25.0 Å². The lowest BCUT2D eigenvalue weighted by Gasteiger charge is -2.16. The summed E-state index contributed by atoms with van der Waals surface area (Å²) in [6.45, 7) is -1.55. The lowest BCUT2D eigenvalue weighted by molar-refractivity contribution is -0.153. The maximum atomic E-state index is 12.9. The highest BCUT2D eigenvalue weighted by Gasteiger charge is 2.46. The molecule has 1 saturated heterocycles. The van der Waals surface area contributed by atoms with Gasteiger partial charge in [0, 0.05) is 19.0 Å². The molecule has 1 saturated carbocycles. The highest BCUT2D eigenvalue weighted by Crippen LogP contribution is 2.35. The third-order valence-corrected chi connectivity index (χ3v) is 7.29. The molecule has 1 aliphatic carbocycles. The SMILES string of the molecule is N#CC1(NC(=O)OC2C[C@@H](S(=O)(=O)c3ccc(OCC(F)(F)F)cc3Cl)CN2)CC1.